The van der Waals surface area contributed by atoms with E-state index in [1.54, 1.807) is 24.7 Å². The summed E-state index contributed by atoms with van der Waals surface area (Å²) in [5.41, 5.74) is 3.48. The SMILES string of the molecule is Cc1cc(N(C)Cc2cnccn2)c2cc(F)ccc2n1. The summed E-state index contributed by atoms with van der Waals surface area (Å²) >= 11 is 0. The Balaban J connectivity index is 2.04. The molecule has 21 heavy (non-hydrogen) atoms. The van der Waals surface area contributed by atoms with Crippen molar-refractivity contribution in [1.82, 2.24) is 15.0 Å². The molecule has 3 rings (SSSR count). The van der Waals surface area contributed by atoms with Crippen molar-refractivity contribution in [3.63, 3.8) is 0 Å². The fourth-order valence-electron chi connectivity index (χ4n) is 2.36. The number of halogens is 1. The Morgan fingerprint density at radius 1 is 1.19 bits per heavy atom. The predicted molar refractivity (Wildman–Crippen MR) is 80.6 cm³/mol. The second kappa shape index (κ2) is 5.44. The van der Waals surface area contributed by atoms with E-state index in [9.17, 15) is 4.39 Å². The summed E-state index contributed by atoms with van der Waals surface area (Å²) in [6.07, 6.45) is 5.04. The maximum atomic E-state index is 13.5. The van der Waals surface area contributed by atoms with Crippen LogP contribution in [-0.2, 0) is 6.54 Å². The molecule has 0 aliphatic rings. The minimum absolute atomic E-state index is 0.262. The van der Waals surface area contributed by atoms with Gasteiger partial charge in [-0.3, -0.25) is 15.0 Å². The van der Waals surface area contributed by atoms with Crippen molar-refractivity contribution in [2.75, 3.05) is 11.9 Å². The Morgan fingerprint density at radius 2 is 2.05 bits per heavy atom. The number of rotatable bonds is 3. The van der Waals surface area contributed by atoms with E-state index in [4.69, 9.17) is 0 Å². The van der Waals surface area contributed by atoms with E-state index in [0.29, 0.717) is 6.54 Å². The molecule has 0 amide bonds. The first-order chi connectivity index (χ1) is 10.1. The van der Waals surface area contributed by atoms with Crippen LogP contribution in [0.2, 0.25) is 0 Å². The zero-order chi connectivity index (χ0) is 14.8. The highest BCUT2D eigenvalue weighted by Gasteiger charge is 2.10. The molecule has 0 N–H and O–H groups in total. The third-order valence-corrected chi connectivity index (χ3v) is 3.30. The lowest BCUT2D eigenvalue weighted by Gasteiger charge is -2.21. The normalized spacial score (nSPS) is 10.8. The molecule has 0 atom stereocenters. The topological polar surface area (TPSA) is 41.9 Å². The third kappa shape index (κ3) is 2.81. The molecule has 0 radical (unpaired) electrons. The van der Waals surface area contributed by atoms with Crippen LogP contribution in [0.4, 0.5) is 10.1 Å². The molecule has 5 heteroatoms. The van der Waals surface area contributed by atoms with Crippen LogP contribution >= 0.6 is 0 Å². The Morgan fingerprint density at radius 3 is 2.81 bits per heavy atom. The van der Waals surface area contributed by atoms with Crippen LogP contribution in [0.3, 0.4) is 0 Å². The molecular weight excluding hydrogens is 267 g/mol. The maximum Gasteiger partial charge on any atom is 0.124 e. The van der Waals surface area contributed by atoms with E-state index in [2.05, 4.69) is 15.0 Å². The van der Waals surface area contributed by atoms with Crippen LogP contribution in [0.15, 0.2) is 42.9 Å². The van der Waals surface area contributed by atoms with Gasteiger partial charge in [0.25, 0.3) is 0 Å². The van der Waals surface area contributed by atoms with Gasteiger partial charge in [0, 0.05) is 36.2 Å². The summed E-state index contributed by atoms with van der Waals surface area (Å²) in [5, 5.41) is 0.798. The smallest absolute Gasteiger partial charge is 0.124 e. The number of pyridine rings is 1. The molecule has 0 spiro atoms. The Bertz CT molecular complexity index is 774. The molecule has 0 bridgehead atoms. The number of fused-ring (bicyclic) bond motifs is 1. The first-order valence-corrected chi connectivity index (χ1v) is 6.66. The zero-order valence-corrected chi connectivity index (χ0v) is 11.9. The lowest BCUT2D eigenvalue weighted by Crippen LogP contribution is -2.18. The molecule has 0 aliphatic carbocycles. The summed E-state index contributed by atoms with van der Waals surface area (Å²) < 4.78 is 13.5. The third-order valence-electron chi connectivity index (χ3n) is 3.30. The number of benzene rings is 1. The highest BCUT2D eigenvalue weighted by molar-refractivity contribution is 5.91. The molecule has 4 nitrogen and oxygen atoms in total. The molecule has 3 aromatic rings. The van der Waals surface area contributed by atoms with Gasteiger partial charge in [0.2, 0.25) is 0 Å². The minimum atomic E-state index is -0.262. The molecule has 0 unspecified atom stereocenters. The first kappa shape index (κ1) is 13.4. The number of aryl methyl sites for hydroxylation is 1. The Labute approximate surface area is 122 Å². The maximum absolute atomic E-state index is 13.5. The highest BCUT2D eigenvalue weighted by Crippen LogP contribution is 2.27. The van der Waals surface area contributed by atoms with E-state index >= 15 is 0 Å². The molecule has 106 valence electrons. The summed E-state index contributed by atoms with van der Waals surface area (Å²) in [5.74, 6) is -0.262. The van der Waals surface area contributed by atoms with Gasteiger partial charge in [-0.05, 0) is 31.2 Å². The molecular formula is C16H15FN4. The van der Waals surface area contributed by atoms with Gasteiger partial charge in [0.1, 0.15) is 5.82 Å². The summed E-state index contributed by atoms with van der Waals surface area (Å²) in [6, 6.07) is 6.61. The number of anilines is 1. The zero-order valence-electron chi connectivity index (χ0n) is 11.9. The van der Waals surface area contributed by atoms with Crippen LogP contribution in [0.25, 0.3) is 10.9 Å². The Kier molecular flexibility index (Phi) is 3.48. The molecule has 0 saturated carbocycles. The molecule has 1 aromatic carbocycles. The van der Waals surface area contributed by atoms with Crippen LogP contribution in [0.5, 0.6) is 0 Å². The van der Waals surface area contributed by atoms with E-state index < -0.39 is 0 Å². The van der Waals surface area contributed by atoms with E-state index in [-0.39, 0.29) is 5.82 Å². The first-order valence-electron chi connectivity index (χ1n) is 6.66. The van der Waals surface area contributed by atoms with Crippen molar-refractivity contribution in [1.29, 1.82) is 0 Å². The van der Waals surface area contributed by atoms with Gasteiger partial charge in [-0.1, -0.05) is 0 Å². The van der Waals surface area contributed by atoms with Crippen LogP contribution < -0.4 is 4.90 Å². The van der Waals surface area contributed by atoms with Crippen molar-refractivity contribution in [3.8, 4) is 0 Å². The van der Waals surface area contributed by atoms with Crippen molar-refractivity contribution in [2.24, 2.45) is 0 Å². The van der Waals surface area contributed by atoms with Gasteiger partial charge in [-0.2, -0.15) is 0 Å². The van der Waals surface area contributed by atoms with Crippen molar-refractivity contribution in [2.45, 2.75) is 13.5 Å². The molecule has 0 aliphatic heterocycles. The fraction of sp³-hybridized carbons (Fsp3) is 0.188. The van der Waals surface area contributed by atoms with Gasteiger partial charge < -0.3 is 4.90 Å². The number of aromatic nitrogens is 3. The number of nitrogens with zero attached hydrogens (tertiary/aromatic N) is 4. The second-order valence-electron chi connectivity index (χ2n) is 5.00. The van der Waals surface area contributed by atoms with Gasteiger partial charge in [-0.25, -0.2) is 4.39 Å². The molecule has 2 aromatic heterocycles. The molecule has 2 heterocycles. The average Bonchev–Trinajstić information content (AvgIpc) is 2.48. The van der Waals surface area contributed by atoms with Crippen molar-refractivity contribution >= 4 is 16.6 Å². The van der Waals surface area contributed by atoms with Gasteiger partial charge in [0.05, 0.1) is 24.0 Å². The number of hydrogen-bond acceptors (Lipinski definition) is 4. The Hall–Kier alpha value is -2.56. The lowest BCUT2D eigenvalue weighted by molar-refractivity contribution is 0.629. The largest absolute Gasteiger partial charge is 0.368 e. The van der Waals surface area contributed by atoms with Crippen LogP contribution in [0.1, 0.15) is 11.4 Å². The number of hydrogen-bond donors (Lipinski definition) is 0. The van der Waals surface area contributed by atoms with Crippen molar-refractivity contribution < 1.29 is 4.39 Å². The average molecular weight is 282 g/mol. The van der Waals surface area contributed by atoms with E-state index in [0.717, 1.165) is 28.0 Å². The quantitative estimate of drug-likeness (QED) is 0.740. The van der Waals surface area contributed by atoms with E-state index in [1.165, 1.54) is 12.1 Å². The highest BCUT2D eigenvalue weighted by atomic mass is 19.1. The van der Waals surface area contributed by atoms with Crippen LogP contribution in [0, 0.1) is 12.7 Å². The summed E-state index contributed by atoms with van der Waals surface area (Å²) in [7, 11) is 1.95. The van der Waals surface area contributed by atoms with Crippen molar-refractivity contribution in [3.05, 3.63) is 60.1 Å². The van der Waals surface area contributed by atoms with Crippen LogP contribution in [-0.4, -0.2) is 22.0 Å². The fourth-order valence-corrected chi connectivity index (χ4v) is 2.36. The van der Waals surface area contributed by atoms with Gasteiger partial charge in [0.15, 0.2) is 0 Å². The molecule has 0 fully saturated rings. The van der Waals surface area contributed by atoms with E-state index in [1.807, 2.05) is 24.9 Å². The minimum Gasteiger partial charge on any atom is -0.368 e. The molecule has 0 saturated heterocycles. The standard InChI is InChI=1S/C16H15FN4/c1-11-7-16(14-8-12(17)3-4-15(14)20-11)21(2)10-13-9-18-5-6-19-13/h3-9H,10H2,1-2H3. The lowest BCUT2D eigenvalue weighted by atomic mass is 10.1. The predicted octanol–water partition coefficient (Wildman–Crippen LogP) is 3.11. The monoisotopic (exact) mass is 282 g/mol. The van der Waals surface area contributed by atoms with Gasteiger partial charge in [-0.15, -0.1) is 0 Å². The second-order valence-corrected chi connectivity index (χ2v) is 5.00. The summed E-state index contributed by atoms with van der Waals surface area (Å²) in [6.45, 7) is 2.53. The summed E-state index contributed by atoms with van der Waals surface area (Å²) in [4.78, 5) is 14.8. The van der Waals surface area contributed by atoms with Gasteiger partial charge >= 0.3 is 0 Å².